The SMILES string of the molecule is ICCCCSC1=C2C=CC=CC2OC(c2ccccc2)=C1. The maximum Gasteiger partial charge on any atom is 0.143 e. The highest BCUT2D eigenvalue weighted by molar-refractivity contribution is 14.1. The fourth-order valence-corrected chi connectivity index (χ4v) is 4.13. The van der Waals surface area contributed by atoms with Crippen molar-refractivity contribution in [2.45, 2.75) is 18.9 Å². The first-order valence-electron chi connectivity index (χ1n) is 7.60. The molecule has 0 N–H and O–H groups in total. The minimum absolute atomic E-state index is 0.0530. The number of alkyl halides is 1. The molecule has 0 amide bonds. The Morgan fingerprint density at radius 2 is 1.95 bits per heavy atom. The van der Waals surface area contributed by atoms with Gasteiger partial charge in [0.15, 0.2) is 0 Å². The Kier molecular flexibility index (Phi) is 5.84. The maximum atomic E-state index is 6.18. The Balaban J connectivity index is 1.84. The van der Waals surface area contributed by atoms with Gasteiger partial charge in [-0.3, -0.25) is 0 Å². The van der Waals surface area contributed by atoms with Gasteiger partial charge in [-0.15, -0.1) is 11.8 Å². The van der Waals surface area contributed by atoms with Crippen LogP contribution in [-0.4, -0.2) is 16.3 Å². The zero-order chi connectivity index (χ0) is 15.2. The molecule has 1 atom stereocenters. The zero-order valence-corrected chi connectivity index (χ0v) is 15.3. The Bertz CT molecular complexity index is 628. The first kappa shape index (κ1) is 15.9. The van der Waals surface area contributed by atoms with Crippen LogP contribution < -0.4 is 0 Å². The van der Waals surface area contributed by atoms with Gasteiger partial charge in [-0.2, -0.15) is 0 Å². The number of rotatable bonds is 6. The van der Waals surface area contributed by atoms with Crippen LogP contribution in [-0.2, 0) is 4.74 Å². The lowest BCUT2D eigenvalue weighted by Gasteiger charge is -2.27. The molecule has 0 bridgehead atoms. The molecule has 1 heterocycles. The lowest BCUT2D eigenvalue weighted by atomic mass is 10.0. The van der Waals surface area contributed by atoms with E-state index in [-0.39, 0.29) is 6.10 Å². The molecule has 3 heteroatoms. The van der Waals surface area contributed by atoms with Crippen LogP contribution in [0.15, 0.2) is 71.2 Å². The van der Waals surface area contributed by atoms with Gasteiger partial charge in [-0.05, 0) is 35.2 Å². The zero-order valence-electron chi connectivity index (χ0n) is 12.4. The Morgan fingerprint density at radius 3 is 2.77 bits per heavy atom. The van der Waals surface area contributed by atoms with Gasteiger partial charge >= 0.3 is 0 Å². The van der Waals surface area contributed by atoms with Gasteiger partial charge in [0.1, 0.15) is 11.9 Å². The monoisotopic (exact) mass is 422 g/mol. The van der Waals surface area contributed by atoms with Gasteiger partial charge in [-0.1, -0.05) is 71.2 Å². The third kappa shape index (κ3) is 3.87. The molecule has 0 aromatic heterocycles. The Labute approximate surface area is 150 Å². The van der Waals surface area contributed by atoms with Gasteiger partial charge in [0.25, 0.3) is 0 Å². The van der Waals surface area contributed by atoms with Crippen LogP contribution >= 0.6 is 34.4 Å². The number of thioether (sulfide) groups is 1. The number of allylic oxidation sites excluding steroid dienone is 3. The number of unbranched alkanes of at least 4 members (excludes halogenated alkanes) is 1. The van der Waals surface area contributed by atoms with Crippen molar-refractivity contribution in [3.05, 3.63) is 76.8 Å². The molecule has 114 valence electrons. The molecule has 1 aliphatic heterocycles. The van der Waals surface area contributed by atoms with E-state index in [2.05, 4.69) is 77.2 Å². The Morgan fingerprint density at radius 1 is 1.09 bits per heavy atom. The normalized spacial score (nSPS) is 19.7. The average molecular weight is 422 g/mol. The molecule has 22 heavy (non-hydrogen) atoms. The summed E-state index contributed by atoms with van der Waals surface area (Å²) in [5, 5.41) is 0. The van der Waals surface area contributed by atoms with Crippen LogP contribution in [0.4, 0.5) is 0 Å². The van der Waals surface area contributed by atoms with E-state index in [1.54, 1.807) is 0 Å². The summed E-state index contributed by atoms with van der Waals surface area (Å²) >= 11 is 4.41. The van der Waals surface area contributed by atoms with Gasteiger partial charge in [0.2, 0.25) is 0 Å². The molecule has 0 saturated carbocycles. The van der Waals surface area contributed by atoms with Crippen LogP contribution in [0.2, 0.25) is 0 Å². The summed E-state index contributed by atoms with van der Waals surface area (Å²) in [5.41, 5.74) is 2.44. The van der Waals surface area contributed by atoms with E-state index in [4.69, 9.17) is 4.74 Å². The second-order valence-corrected chi connectivity index (χ2v) is 7.44. The van der Waals surface area contributed by atoms with Gasteiger partial charge in [-0.25, -0.2) is 0 Å². The van der Waals surface area contributed by atoms with Crippen molar-refractivity contribution in [3.63, 3.8) is 0 Å². The molecule has 0 fully saturated rings. The van der Waals surface area contributed by atoms with Crippen LogP contribution in [0.25, 0.3) is 5.76 Å². The topological polar surface area (TPSA) is 9.23 Å². The standard InChI is InChI=1S/C19H19IOS/c20-12-6-7-13-22-19-14-18(15-8-2-1-3-9-15)21-17-11-5-4-10-16(17)19/h1-5,8-11,14,17H,6-7,12-13H2. The first-order valence-corrected chi connectivity index (χ1v) is 10.1. The van der Waals surface area contributed by atoms with E-state index in [1.807, 2.05) is 17.8 Å². The van der Waals surface area contributed by atoms with E-state index in [0.717, 1.165) is 11.3 Å². The molecular weight excluding hydrogens is 403 g/mol. The predicted molar refractivity (Wildman–Crippen MR) is 105 cm³/mol. The van der Waals surface area contributed by atoms with Crippen molar-refractivity contribution in [2.24, 2.45) is 0 Å². The average Bonchev–Trinajstić information content (AvgIpc) is 2.59. The van der Waals surface area contributed by atoms with Crippen molar-refractivity contribution in [2.75, 3.05) is 10.2 Å². The number of fused-ring (bicyclic) bond motifs is 1. The van der Waals surface area contributed by atoms with Crippen molar-refractivity contribution in [1.82, 2.24) is 0 Å². The van der Waals surface area contributed by atoms with Crippen LogP contribution in [0.1, 0.15) is 18.4 Å². The fourth-order valence-electron chi connectivity index (χ4n) is 2.48. The molecule has 1 nitrogen and oxygen atoms in total. The number of benzene rings is 1. The molecule has 1 aliphatic carbocycles. The highest BCUT2D eigenvalue weighted by Gasteiger charge is 2.23. The van der Waals surface area contributed by atoms with Crippen LogP contribution in [0, 0.1) is 0 Å². The smallest absolute Gasteiger partial charge is 0.143 e. The summed E-state index contributed by atoms with van der Waals surface area (Å²) in [6.07, 6.45) is 13.3. The summed E-state index contributed by atoms with van der Waals surface area (Å²) < 4.78 is 7.42. The summed E-state index contributed by atoms with van der Waals surface area (Å²) in [5.74, 6) is 2.15. The number of ether oxygens (including phenoxy) is 1. The predicted octanol–water partition coefficient (Wildman–Crippen LogP) is 5.75. The third-order valence-corrected chi connectivity index (χ3v) is 5.54. The summed E-state index contributed by atoms with van der Waals surface area (Å²) in [6, 6.07) is 10.4. The number of hydrogen-bond acceptors (Lipinski definition) is 2. The van der Waals surface area contributed by atoms with Crippen molar-refractivity contribution in [1.29, 1.82) is 0 Å². The number of hydrogen-bond donors (Lipinski definition) is 0. The van der Waals surface area contributed by atoms with Crippen molar-refractivity contribution in [3.8, 4) is 0 Å². The van der Waals surface area contributed by atoms with Gasteiger partial charge in [0.05, 0.1) is 0 Å². The van der Waals surface area contributed by atoms with E-state index in [0.29, 0.717) is 0 Å². The lowest BCUT2D eigenvalue weighted by Crippen LogP contribution is -2.18. The maximum absolute atomic E-state index is 6.18. The Hall–Kier alpha value is -0.940. The van der Waals surface area contributed by atoms with E-state index < -0.39 is 0 Å². The molecule has 0 saturated heterocycles. The highest BCUT2D eigenvalue weighted by Crippen LogP contribution is 2.37. The van der Waals surface area contributed by atoms with Gasteiger partial charge in [0, 0.05) is 16.0 Å². The molecule has 0 radical (unpaired) electrons. The van der Waals surface area contributed by atoms with Gasteiger partial charge < -0.3 is 4.74 Å². The third-order valence-electron chi connectivity index (χ3n) is 3.62. The first-order chi connectivity index (χ1) is 10.9. The second kappa shape index (κ2) is 8.06. The molecule has 0 spiro atoms. The second-order valence-electron chi connectivity index (χ2n) is 5.22. The summed E-state index contributed by atoms with van der Waals surface area (Å²) in [7, 11) is 0. The fraction of sp³-hybridized carbons (Fsp3) is 0.263. The van der Waals surface area contributed by atoms with E-state index in [1.165, 1.54) is 33.5 Å². The van der Waals surface area contributed by atoms with E-state index in [9.17, 15) is 0 Å². The molecule has 1 aromatic rings. The summed E-state index contributed by atoms with van der Waals surface area (Å²) in [4.78, 5) is 1.35. The van der Waals surface area contributed by atoms with Crippen molar-refractivity contribution < 1.29 is 4.74 Å². The lowest BCUT2D eigenvalue weighted by molar-refractivity contribution is 0.242. The quantitative estimate of drug-likeness (QED) is 0.328. The summed E-state index contributed by atoms with van der Waals surface area (Å²) in [6.45, 7) is 0. The minimum atomic E-state index is 0.0530. The van der Waals surface area contributed by atoms with Crippen LogP contribution in [0.3, 0.4) is 0 Å². The molecule has 1 unspecified atom stereocenters. The molecule has 2 aliphatic rings. The minimum Gasteiger partial charge on any atom is -0.481 e. The largest absolute Gasteiger partial charge is 0.481 e. The number of halogens is 1. The van der Waals surface area contributed by atoms with Crippen molar-refractivity contribution >= 4 is 40.1 Å². The molecular formula is C19H19IOS. The molecule has 3 rings (SSSR count). The van der Waals surface area contributed by atoms with Crippen LogP contribution in [0.5, 0.6) is 0 Å². The molecule has 1 aromatic carbocycles. The highest BCUT2D eigenvalue weighted by atomic mass is 127. The van der Waals surface area contributed by atoms with E-state index >= 15 is 0 Å².